The first-order valence-corrected chi connectivity index (χ1v) is 7.46. The summed E-state index contributed by atoms with van der Waals surface area (Å²) in [5.74, 6) is -0.544. The van der Waals surface area contributed by atoms with Crippen molar-refractivity contribution in [3.8, 4) is 5.75 Å². The van der Waals surface area contributed by atoms with E-state index in [0.29, 0.717) is 11.4 Å². The average molecular weight is 330 g/mol. The lowest BCUT2D eigenvalue weighted by molar-refractivity contribution is -0.125. The van der Waals surface area contributed by atoms with E-state index in [2.05, 4.69) is 10.6 Å². The third kappa shape index (κ3) is 5.39. The summed E-state index contributed by atoms with van der Waals surface area (Å²) in [6.45, 7) is 3.47. The lowest BCUT2D eigenvalue weighted by Crippen LogP contribution is -2.35. The van der Waals surface area contributed by atoms with Crippen LogP contribution < -0.4 is 15.4 Å². The van der Waals surface area contributed by atoms with Gasteiger partial charge in [-0.05, 0) is 55.3 Å². The first kappa shape index (κ1) is 17.5. The second-order valence-corrected chi connectivity index (χ2v) is 5.39. The number of hydrogen-bond acceptors (Lipinski definition) is 3. The van der Waals surface area contributed by atoms with Gasteiger partial charge in [-0.3, -0.25) is 9.59 Å². The normalized spacial score (nSPS) is 10.1. The molecular weight excluding hydrogens is 311 g/mol. The standard InChI is InChI=1S/C18H19FN2O3/c1-12-3-4-13(2)16(9-12)24-11-18(23)20-10-17(22)21-15-7-5-14(19)6-8-15/h3-9H,10-11H2,1-2H3,(H,20,23)(H,21,22). The van der Waals surface area contributed by atoms with Crippen LogP contribution in [0.2, 0.25) is 0 Å². The number of benzene rings is 2. The highest BCUT2D eigenvalue weighted by atomic mass is 19.1. The van der Waals surface area contributed by atoms with Crippen molar-refractivity contribution in [2.75, 3.05) is 18.5 Å². The summed E-state index contributed by atoms with van der Waals surface area (Å²) in [6.07, 6.45) is 0. The van der Waals surface area contributed by atoms with Crippen LogP contribution in [0.15, 0.2) is 42.5 Å². The molecule has 0 saturated heterocycles. The fourth-order valence-electron chi connectivity index (χ4n) is 1.97. The van der Waals surface area contributed by atoms with Crippen molar-refractivity contribution in [2.45, 2.75) is 13.8 Å². The minimum Gasteiger partial charge on any atom is -0.483 e. The van der Waals surface area contributed by atoms with Gasteiger partial charge in [-0.2, -0.15) is 0 Å². The monoisotopic (exact) mass is 330 g/mol. The Balaban J connectivity index is 1.75. The first-order valence-electron chi connectivity index (χ1n) is 7.46. The third-order valence-electron chi connectivity index (χ3n) is 3.28. The van der Waals surface area contributed by atoms with E-state index in [-0.39, 0.29) is 19.0 Å². The topological polar surface area (TPSA) is 67.4 Å². The number of anilines is 1. The van der Waals surface area contributed by atoms with Gasteiger partial charge in [0.1, 0.15) is 11.6 Å². The summed E-state index contributed by atoms with van der Waals surface area (Å²) in [5.41, 5.74) is 2.43. The van der Waals surface area contributed by atoms with Gasteiger partial charge in [0.25, 0.3) is 5.91 Å². The second-order valence-electron chi connectivity index (χ2n) is 5.39. The van der Waals surface area contributed by atoms with E-state index in [0.717, 1.165) is 11.1 Å². The van der Waals surface area contributed by atoms with Crippen LogP contribution in [-0.2, 0) is 9.59 Å². The van der Waals surface area contributed by atoms with Gasteiger partial charge in [0.05, 0.1) is 6.54 Å². The molecule has 2 aromatic rings. The molecule has 0 unspecified atom stereocenters. The third-order valence-corrected chi connectivity index (χ3v) is 3.28. The summed E-state index contributed by atoms with van der Waals surface area (Å²) in [5, 5.41) is 5.02. The highest BCUT2D eigenvalue weighted by Crippen LogP contribution is 2.18. The molecule has 2 aromatic carbocycles. The number of hydrogen-bond donors (Lipinski definition) is 2. The molecule has 0 aliphatic carbocycles. The fourth-order valence-corrected chi connectivity index (χ4v) is 1.97. The Morgan fingerprint density at radius 3 is 2.46 bits per heavy atom. The number of carbonyl (C=O) groups is 2. The molecule has 0 atom stereocenters. The van der Waals surface area contributed by atoms with Crippen LogP contribution in [0.3, 0.4) is 0 Å². The Kier molecular flexibility index (Phi) is 5.89. The minimum atomic E-state index is -0.401. The SMILES string of the molecule is Cc1ccc(C)c(OCC(=O)NCC(=O)Nc2ccc(F)cc2)c1. The average Bonchev–Trinajstić information content (AvgIpc) is 2.56. The van der Waals surface area contributed by atoms with E-state index in [1.54, 1.807) is 0 Å². The summed E-state index contributed by atoms with van der Waals surface area (Å²) in [7, 11) is 0. The summed E-state index contributed by atoms with van der Waals surface area (Å²) in [6, 6.07) is 11.1. The van der Waals surface area contributed by atoms with Gasteiger partial charge in [0.15, 0.2) is 6.61 Å². The van der Waals surface area contributed by atoms with E-state index in [9.17, 15) is 14.0 Å². The zero-order valence-electron chi connectivity index (χ0n) is 13.6. The smallest absolute Gasteiger partial charge is 0.258 e. The highest BCUT2D eigenvalue weighted by molar-refractivity contribution is 5.94. The van der Waals surface area contributed by atoms with E-state index in [1.807, 2.05) is 32.0 Å². The molecule has 0 aliphatic heterocycles. The maximum atomic E-state index is 12.8. The number of halogens is 1. The van der Waals surface area contributed by atoms with Crippen LogP contribution in [0, 0.1) is 19.7 Å². The molecule has 126 valence electrons. The molecular formula is C18H19FN2O3. The molecule has 0 saturated carbocycles. The van der Waals surface area contributed by atoms with Crippen molar-refractivity contribution in [1.29, 1.82) is 0 Å². The van der Waals surface area contributed by atoms with Crippen LogP contribution in [0.1, 0.15) is 11.1 Å². The van der Waals surface area contributed by atoms with Crippen LogP contribution in [-0.4, -0.2) is 25.0 Å². The van der Waals surface area contributed by atoms with Gasteiger partial charge >= 0.3 is 0 Å². The molecule has 0 fully saturated rings. The zero-order valence-corrected chi connectivity index (χ0v) is 13.6. The molecule has 0 spiro atoms. The lowest BCUT2D eigenvalue weighted by Gasteiger charge is -2.10. The van der Waals surface area contributed by atoms with Crippen molar-refractivity contribution in [2.24, 2.45) is 0 Å². The quantitative estimate of drug-likeness (QED) is 0.855. The molecule has 0 radical (unpaired) electrons. The van der Waals surface area contributed by atoms with Crippen LogP contribution in [0.25, 0.3) is 0 Å². The number of carbonyl (C=O) groups excluding carboxylic acids is 2. The molecule has 2 N–H and O–H groups in total. The van der Waals surface area contributed by atoms with Crippen molar-refractivity contribution in [3.05, 3.63) is 59.4 Å². The number of ether oxygens (including phenoxy) is 1. The second kappa shape index (κ2) is 8.10. The van der Waals surface area contributed by atoms with E-state index < -0.39 is 11.8 Å². The number of amides is 2. The van der Waals surface area contributed by atoms with Crippen molar-refractivity contribution in [3.63, 3.8) is 0 Å². The summed E-state index contributed by atoms with van der Waals surface area (Å²) < 4.78 is 18.2. The molecule has 0 bridgehead atoms. The largest absolute Gasteiger partial charge is 0.483 e. The van der Waals surface area contributed by atoms with Crippen molar-refractivity contribution < 1.29 is 18.7 Å². The summed E-state index contributed by atoms with van der Waals surface area (Å²) in [4.78, 5) is 23.5. The molecule has 0 aromatic heterocycles. The Bertz CT molecular complexity index is 730. The van der Waals surface area contributed by atoms with Crippen LogP contribution >= 0.6 is 0 Å². The zero-order chi connectivity index (χ0) is 17.5. The molecule has 6 heteroatoms. The molecule has 24 heavy (non-hydrogen) atoms. The Morgan fingerprint density at radius 1 is 1.04 bits per heavy atom. The number of rotatable bonds is 6. The minimum absolute atomic E-state index is 0.172. The van der Waals surface area contributed by atoms with Gasteiger partial charge in [-0.25, -0.2) is 4.39 Å². The van der Waals surface area contributed by atoms with Gasteiger partial charge in [0, 0.05) is 5.69 Å². The van der Waals surface area contributed by atoms with Gasteiger partial charge < -0.3 is 15.4 Å². The van der Waals surface area contributed by atoms with Crippen molar-refractivity contribution in [1.82, 2.24) is 5.32 Å². The molecule has 0 aliphatic rings. The van der Waals surface area contributed by atoms with Crippen LogP contribution in [0.5, 0.6) is 5.75 Å². The van der Waals surface area contributed by atoms with E-state index in [1.165, 1.54) is 24.3 Å². The van der Waals surface area contributed by atoms with Gasteiger partial charge in [-0.1, -0.05) is 12.1 Å². The summed E-state index contributed by atoms with van der Waals surface area (Å²) >= 11 is 0. The Labute approximate surface area is 139 Å². The number of aryl methyl sites for hydroxylation is 2. The predicted molar refractivity (Wildman–Crippen MR) is 89.5 cm³/mol. The first-order chi connectivity index (χ1) is 11.4. The molecule has 2 rings (SSSR count). The highest BCUT2D eigenvalue weighted by Gasteiger charge is 2.08. The van der Waals surface area contributed by atoms with E-state index >= 15 is 0 Å². The fraction of sp³-hybridized carbons (Fsp3) is 0.222. The maximum absolute atomic E-state index is 12.8. The van der Waals surface area contributed by atoms with Crippen molar-refractivity contribution >= 4 is 17.5 Å². The predicted octanol–water partition coefficient (Wildman–Crippen LogP) is 2.58. The lowest BCUT2D eigenvalue weighted by atomic mass is 10.1. The molecule has 5 nitrogen and oxygen atoms in total. The maximum Gasteiger partial charge on any atom is 0.258 e. The van der Waals surface area contributed by atoms with Crippen LogP contribution in [0.4, 0.5) is 10.1 Å². The van der Waals surface area contributed by atoms with E-state index in [4.69, 9.17) is 4.74 Å². The number of nitrogens with one attached hydrogen (secondary N) is 2. The molecule has 2 amide bonds. The Hall–Kier alpha value is -2.89. The molecule has 0 heterocycles. The van der Waals surface area contributed by atoms with Gasteiger partial charge in [0.2, 0.25) is 5.91 Å². The van der Waals surface area contributed by atoms with Gasteiger partial charge in [-0.15, -0.1) is 0 Å². The Morgan fingerprint density at radius 2 is 1.75 bits per heavy atom.